The van der Waals surface area contributed by atoms with E-state index in [2.05, 4.69) is 10.4 Å². The molecular formula is C22H20N4O2S. The number of para-hydroxylation sites is 1. The molecule has 0 radical (unpaired) electrons. The summed E-state index contributed by atoms with van der Waals surface area (Å²) in [4.78, 5) is 26.0. The van der Waals surface area contributed by atoms with Crippen molar-refractivity contribution in [2.75, 3.05) is 5.01 Å². The highest BCUT2D eigenvalue weighted by Crippen LogP contribution is 2.28. The van der Waals surface area contributed by atoms with Crippen molar-refractivity contribution >= 4 is 34.6 Å². The van der Waals surface area contributed by atoms with E-state index in [1.54, 1.807) is 11.3 Å². The first-order valence-corrected chi connectivity index (χ1v) is 10.1. The van der Waals surface area contributed by atoms with E-state index < -0.39 is 11.9 Å². The fourth-order valence-corrected chi connectivity index (χ4v) is 4.12. The van der Waals surface area contributed by atoms with Crippen LogP contribution in [0.15, 0.2) is 83.3 Å². The molecule has 2 heterocycles. The summed E-state index contributed by atoms with van der Waals surface area (Å²) in [5, 5.41) is 11.0. The summed E-state index contributed by atoms with van der Waals surface area (Å²) in [6.45, 7) is 0. The van der Waals surface area contributed by atoms with E-state index in [9.17, 15) is 9.59 Å². The number of hydrazone groups is 1. The number of amides is 2. The van der Waals surface area contributed by atoms with Gasteiger partial charge >= 0.3 is 0 Å². The van der Waals surface area contributed by atoms with E-state index in [0.717, 1.165) is 16.1 Å². The molecule has 29 heavy (non-hydrogen) atoms. The molecule has 3 aromatic rings. The van der Waals surface area contributed by atoms with Gasteiger partial charge < -0.3 is 11.1 Å². The van der Waals surface area contributed by atoms with Gasteiger partial charge in [0.05, 0.1) is 11.7 Å². The summed E-state index contributed by atoms with van der Waals surface area (Å²) in [5.41, 5.74) is 7.56. The molecule has 3 N–H and O–H groups in total. The number of carbonyl (C=O) groups is 2. The summed E-state index contributed by atoms with van der Waals surface area (Å²) < 4.78 is 0. The Balaban J connectivity index is 1.60. The van der Waals surface area contributed by atoms with Gasteiger partial charge in [0.2, 0.25) is 5.91 Å². The molecule has 1 aliphatic heterocycles. The van der Waals surface area contributed by atoms with Crippen LogP contribution in [0.5, 0.6) is 0 Å². The Labute approximate surface area is 172 Å². The molecule has 0 unspecified atom stereocenters. The van der Waals surface area contributed by atoms with E-state index >= 15 is 0 Å². The number of carbonyl (C=O) groups excluding carboxylic acids is 2. The molecule has 0 spiro atoms. The standard InChI is InChI=1S/C22H20N4O2S/c23-21(27)18-14-17(25-26(18)16-10-5-2-6-11-16)22(28)24-20(19-12-7-13-29-19)15-8-3-1-4-9-15/h1-13,18,20H,14H2,(H2,23,27)(H,24,28)/t18-,20-/m0/s1. The zero-order chi connectivity index (χ0) is 20.2. The molecule has 2 aromatic carbocycles. The predicted molar refractivity (Wildman–Crippen MR) is 115 cm³/mol. The molecule has 7 heteroatoms. The van der Waals surface area contributed by atoms with E-state index in [1.807, 2.05) is 78.2 Å². The minimum Gasteiger partial charge on any atom is -0.368 e. The van der Waals surface area contributed by atoms with Crippen LogP contribution in [0.25, 0.3) is 0 Å². The van der Waals surface area contributed by atoms with Crippen molar-refractivity contribution in [1.82, 2.24) is 5.32 Å². The molecular weight excluding hydrogens is 384 g/mol. The molecule has 1 aromatic heterocycles. The third-order valence-electron chi connectivity index (χ3n) is 4.76. The van der Waals surface area contributed by atoms with Gasteiger partial charge in [-0.3, -0.25) is 14.6 Å². The molecule has 6 nitrogen and oxygen atoms in total. The monoisotopic (exact) mass is 404 g/mol. The largest absolute Gasteiger partial charge is 0.368 e. The maximum atomic E-state index is 13.1. The quantitative estimate of drug-likeness (QED) is 0.662. The van der Waals surface area contributed by atoms with Gasteiger partial charge in [-0.1, -0.05) is 54.6 Å². The molecule has 1 aliphatic rings. The van der Waals surface area contributed by atoms with Crippen LogP contribution in [-0.4, -0.2) is 23.6 Å². The van der Waals surface area contributed by atoms with Crippen molar-refractivity contribution in [3.8, 4) is 0 Å². The van der Waals surface area contributed by atoms with Gasteiger partial charge in [-0.05, 0) is 29.1 Å². The molecule has 2 amide bonds. The first-order valence-electron chi connectivity index (χ1n) is 9.24. The number of anilines is 1. The molecule has 0 aliphatic carbocycles. The third kappa shape index (κ3) is 4.05. The van der Waals surface area contributed by atoms with Gasteiger partial charge in [0, 0.05) is 11.3 Å². The number of nitrogens with two attached hydrogens (primary N) is 1. The number of benzene rings is 2. The van der Waals surface area contributed by atoms with E-state index in [-0.39, 0.29) is 24.1 Å². The Bertz CT molecular complexity index is 1020. The van der Waals surface area contributed by atoms with Crippen molar-refractivity contribution in [2.24, 2.45) is 10.8 Å². The Morgan fingerprint density at radius 3 is 2.34 bits per heavy atom. The van der Waals surface area contributed by atoms with Gasteiger partial charge in [0.25, 0.3) is 5.91 Å². The number of nitrogens with one attached hydrogen (secondary N) is 1. The van der Waals surface area contributed by atoms with Crippen LogP contribution in [0.1, 0.15) is 22.9 Å². The second-order valence-electron chi connectivity index (χ2n) is 6.68. The lowest BCUT2D eigenvalue weighted by Crippen LogP contribution is -2.40. The SMILES string of the molecule is NC(=O)[C@@H]1CC(C(=O)N[C@@H](c2ccccc2)c2cccs2)=NN1c1ccccc1. The van der Waals surface area contributed by atoms with Crippen molar-refractivity contribution < 1.29 is 9.59 Å². The maximum Gasteiger partial charge on any atom is 0.268 e. The number of primary amides is 1. The van der Waals surface area contributed by atoms with Crippen molar-refractivity contribution in [2.45, 2.75) is 18.5 Å². The second kappa shape index (κ2) is 8.28. The molecule has 0 saturated heterocycles. The Kier molecular flexibility index (Phi) is 5.39. The minimum atomic E-state index is -0.685. The number of nitrogens with zero attached hydrogens (tertiary/aromatic N) is 2. The summed E-state index contributed by atoms with van der Waals surface area (Å²) in [6.07, 6.45) is 0.169. The zero-order valence-corrected chi connectivity index (χ0v) is 16.4. The summed E-state index contributed by atoms with van der Waals surface area (Å²) in [7, 11) is 0. The smallest absolute Gasteiger partial charge is 0.268 e. The second-order valence-corrected chi connectivity index (χ2v) is 7.66. The van der Waals surface area contributed by atoms with Gasteiger partial charge in [-0.15, -0.1) is 11.3 Å². The van der Waals surface area contributed by atoms with Crippen LogP contribution in [-0.2, 0) is 9.59 Å². The van der Waals surface area contributed by atoms with Crippen LogP contribution in [0.3, 0.4) is 0 Å². The van der Waals surface area contributed by atoms with E-state index in [4.69, 9.17) is 5.73 Å². The highest BCUT2D eigenvalue weighted by Gasteiger charge is 2.35. The number of hydrogen-bond acceptors (Lipinski definition) is 5. The predicted octanol–water partition coefficient (Wildman–Crippen LogP) is 3.07. The molecule has 0 bridgehead atoms. The minimum absolute atomic E-state index is 0.169. The normalized spacial score (nSPS) is 16.9. The average molecular weight is 404 g/mol. The highest BCUT2D eigenvalue weighted by atomic mass is 32.1. The lowest BCUT2D eigenvalue weighted by Gasteiger charge is -2.20. The molecule has 0 saturated carbocycles. The van der Waals surface area contributed by atoms with E-state index in [1.165, 1.54) is 5.01 Å². The maximum absolute atomic E-state index is 13.1. The topological polar surface area (TPSA) is 87.8 Å². The Morgan fingerprint density at radius 1 is 1.03 bits per heavy atom. The first kappa shape index (κ1) is 18.9. The fraction of sp³-hybridized carbons (Fsp3) is 0.136. The lowest BCUT2D eigenvalue weighted by molar-refractivity contribution is -0.119. The van der Waals surface area contributed by atoms with E-state index in [0.29, 0.717) is 0 Å². The Morgan fingerprint density at radius 2 is 1.72 bits per heavy atom. The summed E-state index contributed by atoms with van der Waals surface area (Å²) in [5.74, 6) is -0.824. The summed E-state index contributed by atoms with van der Waals surface area (Å²) >= 11 is 1.57. The van der Waals surface area contributed by atoms with Crippen molar-refractivity contribution in [1.29, 1.82) is 0 Å². The lowest BCUT2D eigenvalue weighted by atomic mass is 10.0. The molecule has 0 fully saturated rings. The molecule has 4 rings (SSSR count). The van der Waals surface area contributed by atoms with Crippen LogP contribution in [0, 0.1) is 0 Å². The first-order chi connectivity index (χ1) is 14.1. The summed E-state index contributed by atoms with van der Waals surface area (Å²) in [6, 6.07) is 22.0. The zero-order valence-electron chi connectivity index (χ0n) is 15.6. The number of hydrogen-bond donors (Lipinski definition) is 2. The van der Waals surface area contributed by atoms with Crippen LogP contribution >= 0.6 is 11.3 Å². The Hall–Kier alpha value is -3.45. The number of rotatable bonds is 6. The van der Waals surface area contributed by atoms with Crippen LogP contribution in [0.4, 0.5) is 5.69 Å². The number of thiophene rings is 1. The third-order valence-corrected chi connectivity index (χ3v) is 5.69. The van der Waals surface area contributed by atoms with Gasteiger partial charge in [0.1, 0.15) is 11.8 Å². The van der Waals surface area contributed by atoms with Crippen LogP contribution < -0.4 is 16.1 Å². The van der Waals surface area contributed by atoms with Gasteiger partial charge in [-0.2, -0.15) is 5.10 Å². The molecule has 2 atom stereocenters. The van der Waals surface area contributed by atoms with Gasteiger partial charge in [-0.25, -0.2) is 0 Å². The van der Waals surface area contributed by atoms with Crippen molar-refractivity contribution in [3.63, 3.8) is 0 Å². The highest BCUT2D eigenvalue weighted by molar-refractivity contribution is 7.10. The van der Waals surface area contributed by atoms with Crippen molar-refractivity contribution in [3.05, 3.63) is 88.6 Å². The molecule has 146 valence electrons. The van der Waals surface area contributed by atoms with Gasteiger partial charge in [0.15, 0.2) is 0 Å². The van der Waals surface area contributed by atoms with Crippen LogP contribution in [0.2, 0.25) is 0 Å². The fourth-order valence-electron chi connectivity index (χ4n) is 3.32. The average Bonchev–Trinajstić information content (AvgIpc) is 3.43.